The fraction of sp³-hybridized carbons (Fsp3) is 0.0769. The van der Waals surface area contributed by atoms with E-state index < -0.39 is 23.9 Å². The van der Waals surface area contributed by atoms with Gasteiger partial charge in [0.2, 0.25) is 0 Å². The Morgan fingerprint density at radius 2 is 0.914 bits per heavy atom. The number of rotatable bonds is 4. The molecule has 172 valence electrons. The maximum absolute atomic E-state index is 11.1. The van der Waals surface area contributed by atoms with Crippen molar-refractivity contribution in [2.45, 2.75) is 13.8 Å². The summed E-state index contributed by atoms with van der Waals surface area (Å²) < 4.78 is 9.71. The number of carbonyl (C=O) groups excluding carboxylic acids is 4. The van der Waals surface area contributed by atoms with Crippen LogP contribution in [0.3, 0.4) is 0 Å². The van der Waals surface area contributed by atoms with E-state index in [-0.39, 0.29) is 42.1 Å². The Kier molecular flexibility index (Phi) is 9.20. The van der Waals surface area contributed by atoms with Crippen LogP contribution in [0, 0.1) is 0 Å². The van der Waals surface area contributed by atoms with Crippen molar-refractivity contribution < 1.29 is 58.3 Å². The smallest absolute Gasteiger partial charge is 0.545 e. The molecule has 0 spiro atoms. The number of benzene rings is 4. The normalized spacial score (nSPS) is 9.89. The summed E-state index contributed by atoms with van der Waals surface area (Å²) in [6, 6.07) is 20.2. The first kappa shape index (κ1) is 27.2. The first-order valence-electron chi connectivity index (χ1n) is 10.0. The fourth-order valence-electron chi connectivity index (χ4n) is 3.40. The summed E-state index contributed by atoms with van der Waals surface area (Å²) in [6.07, 6.45) is 0. The number of hydrogen-bond acceptors (Lipinski definition) is 8. The van der Waals surface area contributed by atoms with Gasteiger partial charge in [0.15, 0.2) is 0 Å². The zero-order chi connectivity index (χ0) is 24.8. The zero-order valence-electron chi connectivity index (χ0n) is 18.9. The molecule has 35 heavy (non-hydrogen) atoms. The van der Waals surface area contributed by atoms with Crippen molar-refractivity contribution >= 4 is 45.4 Å². The molecule has 4 aromatic carbocycles. The molecule has 0 aromatic heterocycles. The zero-order valence-corrected chi connectivity index (χ0v) is 21.9. The van der Waals surface area contributed by atoms with Crippen molar-refractivity contribution in [1.29, 1.82) is 0 Å². The molecule has 0 N–H and O–H groups in total. The topological polar surface area (TPSA) is 133 Å². The van der Waals surface area contributed by atoms with Crippen LogP contribution in [0.4, 0.5) is 0 Å². The van der Waals surface area contributed by atoms with Gasteiger partial charge < -0.3 is 29.3 Å². The number of fused-ring (bicyclic) bond motifs is 2. The fourth-order valence-corrected chi connectivity index (χ4v) is 3.40. The Balaban J connectivity index is 0.000000240. The Bertz CT molecular complexity index is 1320. The third-order valence-corrected chi connectivity index (χ3v) is 4.70. The van der Waals surface area contributed by atoms with Crippen LogP contribution >= 0.6 is 0 Å². The van der Waals surface area contributed by atoms with Crippen molar-refractivity contribution in [2.75, 3.05) is 0 Å². The molecule has 0 aliphatic rings. The van der Waals surface area contributed by atoms with E-state index in [1.165, 1.54) is 26.0 Å². The van der Waals surface area contributed by atoms with Crippen molar-refractivity contribution in [3.8, 4) is 11.5 Å². The van der Waals surface area contributed by atoms with E-state index in [4.69, 9.17) is 9.47 Å². The molecule has 0 unspecified atom stereocenters. The van der Waals surface area contributed by atoms with E-state index in [1.807, 2.05) is 0 Å². The van der Waals surface area contributed by atoms with Crippen molar-refractivity contribution in [2.24, 2.45) is 0 Å². The average Bonchev–Trinajstić information content (AvgIpc) is 2.78. The number of carbonyl (C=O) groups is 4. The van der Waals surface area contributed by atoms with Crippen molar-refractivity contribution in [3.05, 3.63) is 83.9 Å². The van der Waals surface area contributed by atoms with Gasteiger partial charge in [-0.15, -0.1) is 0 Å². The van der Waals surface area contributed by atoms with Gasteiger partial charge in [0.05, 0.1) is 11.9 Å². The number of carboxylic acids is 2. The minimum atomic E-state index is -1.36. The molecule has 4 rings (SSSR count). The molecule has 0 aliphatic carbocycles. The molecule has 0 atom stereocenters. The Hall–Kier alpha value is -4.10. The maximum Gasteiger partial charge on any atom is 2.00 e. The Morgan fingerprint density at radius 3 is 1.23 bits per heavy atom. The molecule has 4 aromatic rings. The third-order valence-electron chi connectivity index (χ3n) is 4.70. The standard InChI is InChI=1S/2C13H10O4.Zn/c2*1-8(14)17-11-7-6-9-4-2-3-5-10(9)12(11)13(15)16;/h2*2-7H,1H3,(H,15,16);/q;;+2/p-2. The second-order valence-electron chi connectivity index (χ2n) is 7.08. The van der Waals surface area contributed by atoms with E-state index in [1.54, 1.807) is 60.7 Å². The Morgan fingerprint density at radius 1 is 0.571 bits per heavy atom. The summed E-state index contributed by atoms with van der Waals surface area (Å²) in [7, 11) is 0. The van der Waals surface area contributed by atoms with Gasteiger partial charge in [0.1, 0.15) is 11.5 Å². The van der Waals surface area contributed by atoms with Crippen molar-refractivity contribution in [1.82, 2.24) is 0 Å². The summed E-state index contributed by atoms with van der Waals surface area (Å²) >= 11 is 0. The third kappa shape index (κ3) is 6.49. The molecule has 8 nitrogen and oxygen atoms in total. The Labute approximate surface area is 212 Å². The second-order valence-corrected chi connectivity index (χ2v) is 7.08. The van der Waals surface area contributed by atoms with Crippen LogP contribution in [-0.2, 0) is 29.1 Å². The number of aromatic carboxylic acids is 2. The van der Waals surface area contributed by atoms with Crippen LogP contribution in [0.25, 0.3) is 21.5 Å². The van der Waals surface area contributed by atoms with Crippen molar-refractivity contribution in [3.63, 3.8) is 0 Å². The molecule has 0 bridgehead atoms. The maximum atomic E-state index is 11.1. The summed E-state index contributed by atoms with van der Waals surface area (Å²) in [5, 5.41) is 24.7. The van der Waals surface area contributed by atoms with E-state index in [2.05, 4.69) is 0 Å². The van der Waals surface area contributed by atoms with Gasteiger partial charge >= 0.3 is 31.4 Å². The molecule has 0 radical (unpaired) electrons. The molecule has 0 saturated heterocycles. The first-order chi connectivity index (χ1) is 16.2. The predicted octanol–water partition coefficient (Wildman–Crippen LogP) is 2.25. The van der Waals surface area contributed by atoms with E-state index in [9.17, 15) is 29.4 Å². The number of carboxylic acid groups (broad SMARTS) is 2. The van der Waals surface area contributed by atoms with Gasteiger partial charge in [0.25, 0.3) is 0 Å². The SMILES string of the molecule is CC(=O)Oc1ccc2ccccc2c1C(=O)[O-].CC(=O)Oc1ccc2ccccc2c1C(=O)[O-].[Zn+2]. The summed E-state index contributed by atoms with van der Waals surface area (Å²) in [5.74, 6) is -3.84. The van der Waals surface area contributed by atoms with E-state index >= 15 is 0 Å². The molecule has 0 fully saturated rings. The molecule has 0 aliphatic heterocycles. The number of ether oxygens (including phenoxy) is 2. The van der Waals surface area contributed by atoms with Crippen LogP contribution in [0.1, 0.15) is 34.6 Å². The minimum absolute atomic E-state index is 0. The molecule has 9 heteroatoms. The average molecular weight is 524 g/mol. The van der Waals surface area contributed by atoms with Crippen LogP contribution in [-0.4, -0.2) is 23.9 Å². The monoisotopic (exact) mass is 522 g/mol. The quantitative estimate of drug-likeness (QED) is 0.226. The van der Waals surface area contributed by atoms with Crippen LogP contribution in [0.15, 0.2) is 72.8 Å². The van der Waals surface area contributed by atoms with Gasteiger partial charge in [0, 0.05) is 25.0 Å². The number of hydrogen-bond donors (Lipinski definition) is 0. The second kappa shape index (κ2) is 11.9. The predicted molar refractivity (Wildman–Crippen MR) is 119 cm³/mol. The van der Waals surface area contributed by atoms with Gasteiger partial charge in [-0.3, -0.25) is 9.59 Å². The van der Waals surface area contributed by atoms with E-state index in [0.717, 1.165) is 10.8 Å². The van der Waals surface area contributed by atoms with E-state index in [0.29, 0.717) is 10.8 Å². The summed E-state index contributed by atoms with van der Waals surface area (Å²) in [6.45, 7) is 2.43. The first-order valence-corrected chi connectivity index (χ1v) is 10.0. The molecule has 0 heterocycles. The molecule has 0 saturated carbocycles. The summed E-state index contributed by atoms with van der Waals surface area (Å²) in [5.41, 5.74) is -0.198. The van der Waals surface area contributed by atoms with Gasteiger partial charge in [-0.05, 0) is 33.7 Å². The summed E-state index contributed by atoms with van der Waals surface area (Å²) in [4.78, 5) is 44.0. The largest absolute Gasteiger partial charge is 2.00 e. The van der Waals surface area contributed by atoms with Gasteiger partial charge in [-0.1, -0.05) is 60.7 Å². The van der Waals surface area contributed by atoms with Crippen LogP contribution in [0.5, 0.6) is 11.5 Å². The van der Waals surface area contributed by atoms with Gasteiger partial charge in [-0.2, -0.15) is 0 Å². The van der Waals surface area contributed by atoms with Gasteiger partial charge in [-0.25, -0.2) is 0 Å². The molecule has 0 amide bonds. The number of esters is 2. The van der Waals surface area contributed by atoms with Crippen LogP contribution in [0.2, 0.25) is 0 Å². The molecular formula is C26H18O8Zn. The minimum Gasteiger partial charge on any atom is -0.545 e. The van der Waals surface area contributed by atoms with Crippen LogP contribution < -0.4 is 19.7 Å². The molecular weight excluding hydrogens is 506 g/mol.